The quantitative estimate of drug-likeness (QED) is 0.546. The average Bonchev–Trinajstić information content (AvgIpc) is 3.14. The molecule has 1 aliphatic rings. The van der Waals surface area contributed by atoms with E-state index in [4.69, 9.17) is 0 Å². The molecule has 31 heavy (non-hydrogen) atoms. The molecular weight excluding hydrogens is 398 g/mol. The zero-order valence-electron chi connectivity index (χ0n) is 16.6. The predicted molar refractivity (Wildman–Crippen MR) is 113 cm³/mol. The van der Waals surface area contributed by atoms with Gasteiger partial charge in [0.1, 0.15) is 6.04 Å². The third-order valence-corrected chi connectivity index (χ3v) is 4.87. The number of anilines is 2. The van der Waals surface area contributed by atoms with Crippen molar-refractivity contribution in [1.29, 1.82) is 0 Å². The normalized spacial score (nSPS) is 15.3. The van der Waals surface area contributed by atoms with E-state index in [0.29, 0.717) is 22.5 Å². The molecule has 0 spiro atoms. The highest BCUT2D eigenvalue weighted by Gasteiger charge is 2.29. The van der Waals surface area contributed by atoms with Crippen LogP contribution >= 0.6 is 0 Å². The summed E-state index contributed by atoms with van der Waals surface area (Å²) < 4.78 is 1.61. The molecule has 0 saturated carbocycles. The molecule has 9 heteroatoms. The highest BCUT2D eigenvalue weighted by Crippen LogP contribution is 2.19. The van der Waals surface area contributed by atoms with Gasteiger partial charge < -0.3 is 20.5 Å². The summed E-state index contributed by atoms with van der Waals surface area (Å²) in [7, 11) is 1.72. The van der Waals surface area contributed by atoms with Gasteiger partial charge in [-0.3, -0.25) is 19.2 Å². The number of hydrogen-bond donors (Lipinski definition) is 3. The lowest BCUT2D eigenvalue weighted by Gasteiger charge is -2.14. The molecule has 4 rings (SSSR count). The first-order valence-corrected chi connectivity index (χ1v) is 9.55. The fourth-order valence-electron chi connectivity index (χ4n) is 3.30. The second-order valence-electron chi connectivity index (χ2n) is 7.08. The molecule has 0 radical (unpaired) electrons. The summed E-state index contributed by atoms with van der Waals surface area (Å²) in [5.74, 6) is -1.40. The molecule has 0 aliphatic carbocycles. The van der Waals surface area contributed by atoms with E-state index in [1.807, 2.05) is 0 Å². The molecule has 1 aliphatic heterocycles. The van der Waals surface area contributed by atoms with Gasteiger partial charge in [-0.05, 0) is 24.3 Å². The van der Waals surface area contributed by atoms with E-state index >= 15 is 0 Å². The van der Waals surface area contributed by atoms with Crippen molar-refractivity contribution in [2.75, 3.05) is 10.6 Å². The maximum atomic E-state index is 12.6. The standard InChI is InChI=1S/C22H19N5O4/c1-27-10-9-23-20(27)19(29)13-5-4-6-14(11-13)24-18(28)12-17-22(31)25-16-8-3-2-7-15(16)21(30)26-17/h2-11,17H,12H2,1H3,(H,24,28)(H,25,31)(H,26,30)/t17-/m1/s1. The van der Waals surface area contributed by atoms with E-state index < -0.39 is 23.8 Å². The highest BCUT2D eigenvalue weighted by molar-refractivity contribution is 6.11. The van der Waals surface area contributed by atoms with Crippen LogP contribution < -0.4 is 16.0 Å². The van der Waals surface area contributed by atoms with Crippen molar-refractivity contribution in [2.24, 2.45) is 7.05 Å². The SMILES string of the molecule is Cn1ccnc1C(=O)c1cccc(NC(=O)C[C@H]2NC(=O)c3ccccc3NC2=O)c1. The smallest absolute Gasteiger partial charge is 0.254 e. The van der Waals surface area contributed by atoms with Crippen LogP contribution in [0, 0.1) is 0 Å². The van der Waals surface area contributed by atoms with Crippen molar-refractivity contribution in [3.05, 3.63) is 77.9 Å². The van der Waals surface area contributed by atoms with Crippen LogP contribution in [0.3, 0.4) is 0 Å². The number of nitrogens with one attached hydrogen (secondary N) is 3. The number of para-hydroxylation sites is 1. The van der Waals surface area contributed by atoms with Crippen molar-refractivity contribution in [1.82, 2.24) is 14.9 Å². The zero-order valence-corrected chi connectivity index (χ0v) is 16.6. The number of amides is 3. The second kappa shape index (κ2) is 8.23. The third kappa shape index (κ3) is 4.20. The van der Waals surface area contributed by atoms with Crippen LogP contribution in [-0.4, -0.2) is 39.1 Å². The Labute approximate surface area is 177 Å². The maximum Gasteiger partial charge on any atom is 0.254 e. The Bertz CT molecular complexity index is 1200. The Morgan fingerprint density at radius 1 is 1.13 bits per heavy atom. The fraction of sp³-hybridized carbons (Fsp3) is 0.136. The van der Waals surface area contributed by atoms with Crippen LogP contribution in [0.1, 0.15) is 33.0 Å². The van der Waals surface area contributed by atoms with Crippen LogP contribution in [0.25, 0.3) is 0 Å². The average molecular weight is 417 g/mol. The van der Waals surface area contributed by atoms with E-state index in [1.54, 1.807) is 60.3 Å². The molecular formula is C22H19N5O4. The van der Waals surface area contributed by atoms with Crippen molar-refractivity contribution >= 4 is 34.9 Å². The molecule has 2 aromatic carbocycles. The molecule has 1 aromatic heterocycles. The number of imidazole rings is 1. The first-order valence-electron chi connectivity index (χ1n) is 9.55. The Morgan fingerprint density at radius 3 is 2.71 bits per heavy atom. The summed E-state index contributed by atoms with van der Waals surface area (Å²) in [6, 6.07) is 12.0. The van der Waals surface area contributed by atoms with E-state index in [-0.39, 0.29) is 18.0 Å². The van der Waals surface area contributed by atoms with E-state index in [9.17, 15) is 19.2 Å². The number of nitrogens with zero attached hydrogens (tertiary/aromatic N) is 2. The Hall–Kier alpha value is -4.27. The summed E-state index contributed by atoms with van der Waals surface area (Å²) >= 11 is 0. The number of carbonyl (C=O) groups excluding carboxylic acids is 4. The molecule has 0 bridgehead atoms. The minimum atomic E-state index is -1.03. The minimum absolute atomic E-state index is 0.261. The van der Waals surface area contributed by atoms with Gasteiger partial charge in [0.15, 0.2) is 5.82 Å². The summed E-state index contributed by atoms with van der Waals surface area (Å²) in [5, 5.41) is 7.91. The molecule has 0 fully saturated rings. The van der Waals surface area contributed by atoms with Gasteiger partial charge in [-0.1, -0.05) is 24.3 Å². The lowest BCUT2D eigenvalue weighted by molar-refractivity contribution is -0.122. The zero-order chi connectivity index (χ0) is 22.0. The van der Waals surface area contributed by atoms with Crippen LogP contribution in [0.15, 0.2) is 60.9 Å². The number of benzene rings is 2. The van der Waals surface area contributed by atoms with Crippen LogP contribution in [0.5, 0.6) is 0 Å². The molecule has 3 amide bonds. The Balaban J connectivity index is 1.45. The topological polar surface area (TPSA) is 122 Å². The summed E-state index contributed by atoms with van der Waals surface area (Å²) in [6.45, 7) is 0. The van der Waals surface area contributed by atoms with Gasteiger partial charge in [-0.2, -0.15) is 0 Å². The van der Waals surface area contributed by atoms with Gasteiger partial charge in [0.25, 0.3) is 5.91 Å². The van der Waals surface area contributed by atoms with E-state index in [2.05, 4.69) is 20.9 Å². The fourth-order valence-corrected chi connectivity index (χ4v) is 3.30. The van der Waals surface area contributed by atoms with Crippen molar-refractivity contribution in [3.63, 3.8) is 0 Å². The van der Waals surface area contributed by atoms with Gasteiger partial charge in [0.2, 0.25) is 17.6 Å². The Kier molecular flexibility index (Phi) is 5.31. The molecule has 3 N–H and O–H groups in total. The second-order valence-corrected chi connectivity index (χ2v) is 7.08. The number of carbonyl (C=O) groups is 4. The predicted octanol–water partition coefficient (Wildman–Crippen LogP) is 1.73. The van der Waals surface area contributed by atoms with Gasteiger partial charge in [0, 0.05) is 30.7 Å². The van der Waals surface area contributed by atoms with Gasteiger partial charge in [-0.25, -0.2) is 4.98 Å². The summed E-state index contributed by atoms with van der Waals surface area (Å²) in [5.41, 5.74) is 1.49. The molecule has 0 saturated heterocycles. The third-order valence-electron chi connectivity index (χ3n) is 4.87. The minimum Gasteiger partial charge on any atom is -0.340 e. The van der Waals surface area contributed by atoms with Crippen molar-refractivity contribution < 1.29 is 19.2 Å². The number of ketones is 1. The molecule has 1 atom stereocenters. The summed E-state index contributed by atoms with van der Waals surface area (Å²) in [6.07, 6.45) is 2.94. The molecule has 9 nitrogen and oxygen atoms in total. The highest BCUT2D eigenvalue weighted by atomic mass is 16.2. The van der Waals surface area contributed by atoms with Gasteiger partial charge >= 0.3 is 0 Å². The lowest BCUT2D eigenvalue weighted by atomic mass is 10.1. The lowest BCUT2D eigenvalue weighted by Crippen LogP contribution is -2.43. The molecule has 0 unspecified atom stereocenters. The van der Waals surface area contributed by atoms with E-state index in [1.165, 1.54) is 12.3 Å². The number of aromatic nitrogens is 2. The largest absolute Gasteiger partial charge is 0.340 e. The van der Waals surface area contributed by atoms with Gasteiger partial charge in [0.05, 0.1) is 17.7 Å². The first kappa shape index (κ1) is 20.0. The van der Waals surface area contributed by atoms with Crippen molar-refractivity contribution in [3.8, 4) is 0 Å². The maximum absolute atomic E-state index is 12.6. The summed E-state index contributed by atoms with van der Waals surface area (Å²) in [4.78, 5) is 54.0. The molecule has 2 heterocycles. The van der Waals surface area contributed by atoms with Crippen LogP contribution in [0.2, 0.25) is 0 Å². The van der Waals surface area contributed by atoms with Crippen LogP contribution in [0.4, 0.5) is 11.4 Å². The number of hydrogen-bond acceptors (Lipinski definition) is 5. The first-order chi connectivity index (χ1) is 14.9. The van der Waals surface area contributed by atoms with E-state index in [0.717, 1.165) is 0 Å². The Morgan fingerprint density at radius 2 is 1.94 bits per heavy atom. The number of rotatable bonds is 5. The molecule has 3 aromatic rings. The number of fused-ring (bicyclic) bond motifs is 1. The molecule has 156 valence electrons. The monoisotopic (exact) mass is 417 g/mol. The van der Waals surface area contributed by atoms with Crippen LogP contribution in [-0.2, 0) is 16.6 Å². The number of aryl methyl sites for hydroxylation is 1. The van der Waals surface area contributed by atoms with Gasteiger partial charge in [-0.15, -0.1) is 0 Å². The van der Waals surface area contributed by atoms with Crippen molar-refractivity contribution in [2.45, 2.75) is 12.5 Å².